The van der Waals surface area contributed by atoms with Crippen LogP contribution < -0.4 is 0 Å². The summed E-state index contributed by atoms with van der Waals surface area (Å²) in [6, 6.07) is 6.95. The van der Waals surface area contributed by atoms with Gasteiger partial charge in [-0.1, -0.05) is 11.8 Å². The number of furan rings is 1. The zero-order valence-corrected chi connectivity index (χ0v) is 10.4. The highest BCUT2D eigenvalue weighted by atomic mass is 32.2. The van der Waals surface area contributed by atoms with E-state index in [9.17, 15) is 4.79 Å². The summed E-state index contributed by atoms with van der Waals surface area (Å²) in [5.74, 6) is 0.108. The van der Waals surface area contributed by atoms with E-state index in [1.807, 2.05) is 0 Å². The maximum absolute atomic E-state index is 10.5. The van der Waals surface area contributed by atoms with E-state index in [0.717, 1.165) is 11.8 Å². The van der Waals surface area contributed by atoms with Gasteiger partial charge in [-0.15, -0.1) is 10.2 Å². The third kappa shape index (κ3) is 2.29. The number of carboxylic acid groups (broad SMARTS) is 1. The zero-order chi connectivity index (χ0) is 13.2. The second kappa shape index (κ2) is 4.73. The van der Waals surface area contributed by atoms with Crippen molar-refractivity contribution in [1.82, 2.24) is 19.8 Å². The number of nitrogens with zero attached hydrogens (tertiary/aromatic N) is 4. The summed E-state index contributed by atoms with van der Waals surface area (Å²) < 4.78 is 6.79. The van der Waals surface area contributed by atoms with Crippen LogP contribution in [0.25, 0.3) is 17.2 Å². The minimum Gasteiger partial charge on any atom is -0.481 e. The normalized spacial score (nSPS) is 10.9. The van der Waals surface area contributed by atoms with E-state index in [2.05, 4.69) is 15.3 Å². The summed E-state index contributed by atoms with van der Waals surface area (Å²) in [6.45, 7) is 0. The van der Waals surface area contributed by atoms with Crippen molar-refractivity contribution in [2.45, 2.75) is 5.03 Å². The van der Waals surface area contributed by atoms with Gasteiger partial charge in [-0.3, -0.25) is 4.79 Å². The highest BCUT2D eigenvalue weighted by Gasteiger charge is 2.12. The Morgan fingerprint density at radius 2 is 2.26 bits per heavy atom. The lowest BCUT2D eigenvalue weighted by Gasteiger charge is -1.99. The Morgan fingerprint density at radius 1 is 1.37 bits per heavy atom. The second-order valence-electron chi connectivity index (χ2n) is 3.62. The van der Waals surface area contributed by atoms with Gasteiger partial charge in [0.25, 0.3) is 0 Å². The topological polar surface area (TPSA) is 93.5 Å². The number of aromatic nitrogens is 4. The molecule has 0 unspecified atom stereocenters. The average molecular weight is 276 g/mol. The first-order valence-corrected chi connectivity index (χ1v) is 6.33. The number of fused-ring (bicyclic) bond motifs is 1. The summed E-state index contributed by atoms with van der Waals surface area (Å²) in [5.41, 5.74) is 0.575. The lowest BCUT2D eigenvalue weighted by molar-refractivity contribution is -0.133. The third-order valence-corrected chi connectivity index (χ3v) is 3.23. The minimum absolute atomic E-state index is 0.0449. The van der Waals surface area contributed by atoms with E-state index >= 15 is 0 Å². The van der Waals surface area contributed by atoms with E-state index in [1.54, 1.807) is 30.5 Å². The molecule has 19 heavy (non-hydrogen) atoms. The molecule has 3 heterocycles. The molecular formula is C11H8N4O3S. The predicted octanol–water partition coefficient (Wildman–Crippen LogP) is 1.56. The first-order chi connectivity index (χ1) is 9.24. The molecule has 0 bridgehead atoms. The smallest absolute Gasteiger partial charge is 0.313 e. The largest absolute Gasteiger partial charge is 0.481 e. The molecular weight excluding hydrogens is 268 g/mol. The van der Waals surface area contributed by atoms with E-state index in [4.69, 9.17) is 9.52 Å². The molecule has 96 valence electrons. The van der Waals surface area contributed by atoms with Gasteiger partial charge < -0.3 is 9.52 Å². The Hall–Kier alpha value is -2.35. The molecule has 3 aromatic heterocycles. The van der Waals surface area contributed by atoms with Crippen LogP contribution in [0.1, 0.15) is 0 Å². The van der Waals surface area contributed by atoms with Crippen molar-refractivity contribution in [2.75, 3.05) is 5.75 Å². The van der Waals surface area contributed by atoms with Crippen LogP contribution in [0.5, 0.6) is 0 Å². The summed E-state index contributed by atoms with van der Waals surface area (Å²) in [5, 5.41) is 21.5. The van der Waals surface area contributed by atoms with Gasteiger partial charge in [0.15, 0.2) is 11.4 Å². The number of thioether (sulfide) groups is 1. The molecule has 3 aromatic rings. The summed E-state index contributed by atoms with van der Waals surface area (Å²) in [4.78, 5) is 10.5. The second-order valence-corrected chi connectivity index (χ2v) is 4.62. The first-order valence-electron chi connectivity index (χ1n) is 5.35. The third-order valence-electron chi connectivity index (χ3n) is 2.32. The fourth-order valence-electron chi connectivity index (χ4n) is 1.54. The van der Waals surface area contributed by atoms with Crippen molar-refractivity contribution in [1.29, 1.82) is 0 Å². The van der Waals surface area contributed by atoms with Crippen molar-refractivity contribution in [3.8, 4) is 11.6 Å². The molecule has 0 spiro atoms. The van der Waals surface area contributed by atoms with Crippen LogP contribution in [0.15, 0.2) is 40.0 Å². The Morgan fingerprint density at radius 3 is 3.00 bits per heavy atom. The summed E-state index contributed by atoms with van der Waals surface area (Å²) in [6.07, 6.45) is 1.54. The average Bonchev–Trinajstić information content (AvgIpc) is 3.04. The molecule has 0 saturated carbocycles. The Balaban J connectivity index is 2.01. The lowest BCUT2D eigenvalue weighted by atomic mass is 10.4. The van der Waals surface area contributed by atoms with Gasteiger partial charge in [-0.25, -0.2) is 0 Å². The fourth-order valence-corrected chi connectivity index (χ4v) is 2.12. The van der Waals surface area contributed by atoms with E-state index in [1.165, 1.54) is 4.52 Å². The van der Waals surface area contributed by atoms with Gasteiger partial charge in [0.1, 0.15) is 5.03 Å². The highest BCUT2D eigenvalue weighted by Crippen LogP contribution is 2.20. The van der Waals surface area contributed by atoms with Gasteiger partial charge >= 0.3 is 5.97 Å². The molecule has 0 fully saturated rings. The molecule has 3 rings (SSSR count). The van der Waals surface area contributed by atoms with Crippen molar-refractivity contribution in [3.05, 3.63) is 30.5 Å². The molecule has 0 amide bonds. The van der Waals surface area contributed by atoms with E-state index in [-0.39, 0.29) is 5.75 Å². The summed E-state index contributed by atoms with van der Waals surface area (Å²) >= 11 is 1.14. The monoisotopic (exact) mass is 276 g/mol. The maximum Gasteiger partial charge on any atom is 0.313 e. The summed E-state index contributed by atoms with van der Waals surface area (Å²) in [7, 11) is 0. The molecule has 0 aliphatic carbocycles. The molecule has 0 aromatic carbocycles. The first kappa shape index (κ1) is 11.7. The van der Waals surface area contributed by atoms with Crippen LogP contribution >= 0.6 is 11.8 Å². The predicted molar refractivity (Wildman–Crippen MR) is 66.8 cm³/mol. The van der Waals surface area contributed by atoms with Crippen LogP contribution in [0.2, 0.25) is 0 Å². The van der Waals surface area contributed by atoms with Crippen LogP contribution in [0.4, 0.5) is 0 Å². The number of hydrogen-bond acceptors (Lipinski definition) is 6. The molecule has 0 aliphatic rings. The van der Waals surface area contributed by atoms with Gasteiger partial charge in [0.05, 0.1) is 12.0 Å². The van der Waals surface area contributed by atoms with Crippen molar-refractivity contribution in [2.24, 2.45) is 0 Å². The Labute approximate surface area is 111 Å². The number of carboxylic acids is 1. The standard InChI is InChI=1S/C11H8N4O3S/c16-10(17)6-19-9-4-3-8-12-13-11(15(8)14-9)7-2-1-5-18-7/h1-5H,6H2,(H,16,17). The highest BCUT2D eigenvalue weighted by molar-refractivity contribution is 7.99. The van der Waals surface area contributed by atoms with Crippen LogP contribution in [0.3, 0.4) is 0 Å². The van der Waals surface area contributed by atoms with E-state index in [0.29, 0.717) is 22.3 Å². The number of rotatable bonds is 4. The van der Waals surface area contributed by atoms with Gasteiger partial charge in [0.2, 0.25) is 5.82 Å². The van der Waals surface area contributed by atoms with Gasteiger partial charge in [0, 0.05) is 0 Å². The molecule has 0 aliphatic heterocycles. The van der Waals surface area contributed by atoms with Gasteiger partial charge in [-0.2, -0.15) is 9.61 Å². The van der Waals surface area contributed by atoms with Crippen LogP contribution in [-0.2, 0) is 4.79 Å². The molecule has 8 heteroatoms. The van der Waals surface area contributed by atoms with Gasteiger partial charge in [-0.05, 0) is 24.3 Å². The number of hydrogen-bond donors (Lipinski definition) is 1. The maximum atomic E-state index is 10.5. The Kier molecular flexibility index (Phi) is 2.92. The number of carbonyl (C=O) groups is 1. The molecule has 0 saturated heterocycles. The van der Waals surface area contributed by atoms with Crippen molar-refractivity contribution < 1.29 is 14.3 Å². The van der Waals surface area contributed by atoms with Crippen molar-refractivity contribution >= 4 is 23.4 Å². The fraction of sp³-hybridized carbons (Fsp3) is 0.0909. The van der Waals surface area contributed by atoms with E-state index < -0.39 is 5.97 Å². The molecule has 0 radical (unpaired) electrons. The Bertz CT molecular complexity index is 723. The quantitative estimate of drug-likeness (QED) is 0.722. The molecule has 7 nitrogen and oxygen atoms in total. The number of aliphatic carboxylic acids is 1. The zero-order valence-electron chi connectivity index (χ0n) is 9.55. The SMILES string of the molecule is O=C(O)CSc1ccc2nnc(-c3ccco3)n2n1. The molecule has 1 N–H and O–H groups in total. The minimum atomic E-state index is -0.887. The van der Waals surface area contributed by atoms with Crippen LogP contribution in [0, 0.1) is 0 Å². The van der Waals surface area contributed by atoms with Crippen LogP contribution in [-0.4, -0.2) is 36.6 Å². The van der Waals surface area contributed by atoms with Crippen molar-refractivity contribution in [3.63, 3.8) is 0 Å². The molecule has 0 atom stereocenters. The lowest BCUT2D eigenvalue weighted by Crippen LogP contribution is -2.00.